The summed E-state index contributed by atoms with van der Waals surface area (Å²) in [6.45, 7) is 1.07. The highest BCUT2D eigenvalue weighted by Crippen LogP contribution is 2.37. The monoisotopic (exact) mass is 189 g/mol. The van der Waals surface area contributed by atoms with Crippen LogP contribution in [0.2, 0.25) is 0 Å². The molecule has 2 N–H and O–H groups in total. The third-order valence-electron chi connectivity index (χ3n) is 3.12. The molecule has 0 aromatic carbocycles. The molecule has 1 atom stereocenters. The lowest BCUT2D eigenvalue weighted by Gasteiger charge is -2.15. The van der Waals surface area contributed by atoms with Crippen molar-refractivity contribution in [2.24, 2.45) is 5.92 Å². The summed E-state index contributed by atoms with van der Waals surface area (Å²) < 4.78 is 0. The Morgan fingerprint density at radius 3 is 3.00 bits per heavy atom. The van der Waals surface area contributed by atoms with Gasteiger partial charge in [0.2, 0.25) is 0 Å². The molecule has 1 saturated carbocycles. The van der Waals surface area contributed by atoms with Crippen molar-refractivity contribution < 1.29 is 0 Å². The van der Waals surface area contributed by atoms with Gasteiger partial charge in [0.05, 0.1) is 17.6 Å². The van der Waals surface area contributed by atoms with Crippen LogP contribution in [0.3, 0.4) is 0 Å². The maximum atomic E-state index is 4.15. The maximum Gasteiger partial charge on any atom is 0.0764 e. The van der Waals surface area contributed by atoms with Crippen molar-refractivity contribution in [1.29, 1.82) is 0 Å². The minimum absolute atomic E-state index is 0.660. The van der Waals surface area contributed by atoms with E-state index in [4.69, 9.17) is 0 Å². The van der Waals surface area contributed by atoms with Gasteiger partial charge in [-0.3, -0.25) is 4.98 Å². The molecule has 14 heavy (non-hydrogen) atoms. The van der Waals surface area contributed by atoms with Crippen molar-refractivity contribution in [1.82, 2.24) is 4.98 Å². The average Bonchev–Trinajstić information content (AvgIpc) is 3.04. The molecule has 1 aromatic rings. The van der Waals surface area contributed by atoms with E-state index in [9.17, 15) is 0 Å². The molecule has 1 fully saturated rings. The molecular weight excluding hydrogens is 174 g/mol. The van der Waals surface area contributed by atoms with Crippen LogP contribution in [-0.2, 0) is 0 Å². The molecule has 0 saturated heterocycles. The van der Waals surface area contributed by atoms with Crippen LogP contribution in [0.15, 0.2) is 18.5 Å². The molecular formula is C11H15N3. The molecule has 3 rings (SSSR count). The molecule has 3 heteroatoms. The van der Waals surface area contributed by atoms with E-state index in [1.165, 1.54) is 30.6 Å². The molecule has 1 unspecified atom stereocenters. The second-order valence-corrected chi connectivity index (χ2v) is 4.22. The van der Waals surface area contributed by atoms with Gasteiger partial charge in [0.1, 0.15) is 0 Å². The lowest BCUT2D eigenvalue weighted by molar-refractivity contribution is 0.608. The predicted octanol–water partition coefficient (Wildman–Crippen LogP) is 2.09. The summed E-state index contributed by atoms with van der Waals surface area (Å²) in [5.74, 6) is 0.906. The Kier molecular flexibility index (Phi) is 1.82. The Morgan fingerprint density at radius 2 is 2.14 bits per heavy atom. The Hall–Kier alpha value is -1.25. The van der Waals surface area contributed by atoms with Crippen molar-refractivity contribution in [3.05, 3.63) is 18.5 Å². The first kappa shape index (κ1) is 8.09. The first-order valence-corrected chi connectivity index (χ1v) is 5.38. The highest BCUT2D eigenvalue weighted by atomic mass is 15.0. The van der Waals surface area contributed by atoms with E-state index in [-0.39, 0.29) is 0 Å². The van der Waals surface area contributed by atoms with Crippen LogP contribution in [0.1, 0.15) is 19.3 Å². The van der Waals surface area contributed by atoms with Gasteiger partial charge in [0, 0.05) is 18.8 Å². The van der Waals surface area contributed by atoms with Gasteiger partial charge >= 0.3 is 0 Å². The van der Waals surface area contributed by atoms with Gasteiger partial charge < -0.3 is 10.6 Å². The second-order valence-electron chi connectivity index (χ2n) is 4.22. The Balaban J connectivity index is 1.86. The molecule has 3 nitrogen and oxygen atoms in total. The van der Waals surface area contributed by atoms with E-state index < -0.39 is 0 Å². The van der Waals surface area contributed by atoms with Crippen LogP contribution >= 0.6 is 0 Å². The zero-order valence-corrected chi connectivity index (χ0v) is 8.16. The molecule has 0 spiro atoms. The lowest BCUT2D eigenvalue weighted by Crippen LogP contribution is -2.21. The summed E-state index contributed by atoms with van der Waals surface area (Å²) in [7, 11) is 0. The van der Waals surface area contributed by atoms with E-state index in [2.05, 4.69) is 15.6 Å². The zero-order valence-electron chi connectivity index (χ0n) is 8.16. The normalized spacial score (nSPS) is 25.6. The first-order chi connectivity index (χ1) is 6.93. The fourth-order valence-electron chi connectivity index (χ4n) is 2.15. The number of pyridine rings is 1. The van der Waals surface area contributed by atoms with E-state index in [0.29, 0.717) is 6.04 Å². The zero-order chi connectivity index (χ0) is 9.38. The maximum absolute atomic E-state index is 4.15. The van der Waals surface area contributed by atoms with Crippen LogP contribution in [0.4, 0.5) is 11.4 Å². The fraction of sp³-hybridized carbons (Fsp3) is 0.545. The summed E-state index contributed by atoms with van der Waals surface area (Å²) in [6, 6.07) is 2.70. The number of fused-ring (bicyclic) bond motifs is 1. The summed E-state index contributed by atoms with van der Waals surface area (Å²) in [5, 5.41) is 7.03. The molecule has 2 aliphatic rings. The minimum atomic E-state index is 0.660. The molecule has 0 bridgehead atoms. The minimum Gasteiger partial charge on any atom is -0.383 e. The van der Waals surface area contributed by atoms with E-state index >= 15 is 0 Å². The van der Waals surface area contributed by atoms with Crippen LogP contribution in [-0.4, -0.2) is 17.6 Å². The predicted molar refractivity (Wildman–Crippen MR) is 57.5 cm³/mol. The largest absolute Gasteiger partial charge is 0.383 e. The molecule has 0 amide bonds. The summed E-state index contributed by atoms with van der Waals surface area (Å²) in [6.07, 6.45) is 7.77. The number of hydrogen-bond acceptors (Lipinski definition) is 3. The van der Waals surface area contributed by atoms with Gasteiger partial charge in [-0.15, -0.1) is 0 Å². The summed E-state index contributed by atoms with van der Waals surface area (Å²) in [5.41, 5.74) is 2.37. The molecule has 1 aliphatic heterocycles. The van der Waals surface area contributed by atoms with Crippen molar-refractivity contribution in [3.8, 4) is 0 Å². The first-order valence-electron chi connectivity index (χ1n) is 5.38. The number of rotatable bonds is 1. The van der Waals surface area contributed by atoms with Crippen molar-refractivity contribution in [3.63, 3.8) is 0 Å². The van der Waals surface area contributed by atoms with Crippen LogP contribution in [0, 0.1) is 5.92 Å². The van der Waals surface area contributed by atoms with Gasteiger partial charge in [0.15, 0.2) is 0 Å². The highest BCUT2D eigenvalue weighted by Gasteiger charge is 2.32. The average molecular weight is 189 g/mol. The van der Waals surface area contributed by atoms with Gasteiger partial charge in [-0.1, -0.05) is 0 Å². The third-order valence-corrected chi connectivity index (χ3v) is 3.12. The number of nitrogens with zero attached hydrogens (tertiary/aromatic N) is 1. The Labute approximate surface area is 83.9 Å². The molecule has 1 aromatic heterocycles. The van der Waals surface area contributed by atoms with Crippen LogP contribution < -0.4 is 10.6 Å². The van der Waals surface area contributed by atoms with E-state index in [0.717, 1.165) is 12.5 Å². The van der Waals surface area contributed by atoms with E-state index in [1.807, 2.05) is 18.5 Å². The fourth-order valence-corrected chi connectivity index (χ4v) is 2.15. The Morgan fingerprint density at radius 1 is 1.21 bits per heavy atom. The summed E-state index contributed by atoms with van der Waals surface area (Å²) >= 11 is 0. The van der Waals surface area contributed by atoms with Gasteiger partial charge in [0.25, 0.3) is 0 Å². The van der Waals surface area contributed by atoms with Crippen molar-refractivity contribution >= 4 is 11.4 Å². The van der Waals surface area contributed by atoms with E-state index in [1.54, 1.807) is 0 Å². The number of aromatic nitrogens is 1. The molecule has 0 radical (unpaired) electrons. The number of hydrogen-bond donors (Lipinski definition) is 2. The second kappa shape index (κ2) is 3.15. The van der Waals surface area contributed by atoms with Crippen molar-refractivity contribution in [2.45, 2.75) is 25.3 Å². The van der Waals surface area contributed by atoms with Crippen molar-refractivity contribution in [2.75, 3.05) is 17.2 Å². The topological polar surface area (TPSA) is 37.0 Å². The number of anilines is 2. The van der Waals surface area contributed by atoms with Crippen LogP contribution in [0.5, 0.6) is 0 Å². The standard InChI is InChI=1S/C11H15N3/c1-2-8(1)9-4-6-13-10-3-5-12-7-11(10)14-9/h3,5,7-9,13-14H,1-2,4,6H2. The SMILES string of the molecule is c1cc2c(cn1)NC(C1CC1)CCN2. The summed E-state index contributed by atoms with van der Waals surface area (Å²) in [4.78, 5) is 4.15. The quantitative estimate of drug-likeness (QED) is 0.710. The molecule has 2 heterocycles. The number of nitrogens with one attached hydrogen (secondary N) is 2. The van der Waals surface area contributed by atoms with Crippen LogP contribution in [0.25, 0.3) is 0 Å². The van der Waals surface area contributed by atoms with Gasteiger partial charge in [-0.05, 0) is 31.2 Å². The lowest BCUT2D eigenvalue weighted by atomic mass is 10.1. The molecule has 1 aliphatic carbocycles. The third kappa shape index (κ3) is 1.43. The van der Waals surface area contributed by atoms with Gasteiger partial charge in [-0.25, -0.2) is 0 Å². The van der Waals surface area contributed by atoms with Gasteiger partial charge in [-0.2, -0.15) is 0 Å². The Bertz CT molecular complexity index is 333. The highest BCUT2D eigenvalue weighted by molar-refractivity contribution is 5.68. The smallest absolute Gasteiger partial charge is 0.0764 e. The molecule has 74 valence electrons.